The Balaban J connectivity index is 2.09. The Bertz CT molecular complexity index is 528. The highest BCUT2D eigenvalue weighted by atomic mass is 16.6. The summed E-state index contributed by atoms with van der Waals surface area (Å²) in [5.41, 5.74) is 4.49. The van der Waals surface area contributed by atoms with Crippen LogP contribution >= 0.6 is 0 Å². The van der Waals surface area contributed by atoms with E-state index in [1.54, 1.807) is 24.5 Å². The Morgan fingerprint density at radius 2 is 1.78 bits per heavy atom. The minimum atomic E-state index is -1.06. The zero-order chi connectivity index (χ0) is 13.0. The minimum Gasteiger partial charge on any atom is -0.403 e. The normalized spacial score (nSPS) is 11.8. The van der Waals surface area contributed by atoms with Crippen molar-refractivity contribution in [3.63, 3.8) is 0 Å². The molecule has 1 atom stereocenters. The Kier molecular flexibility index (Phi) is 3.49. The lowest BCUT2D eigenvalue weighted by Crippen LogP contribution is -2.29. The number of nitro groups is 1. The lowest BCUT2D eigenvalue weighted by atomic mass is 10.2. The highest BCUT2D eigenvalue weighted by Gasteiger charge is 2.06. The Hall–Kier alpha value is -2.47. The number of non-ortho nitro benzene ring substituents is 1. The maximum absolute atomic E-state index is 10.5. The van der Waals surface area contributed by atoms with Crippen molar-refractivity contribution >= 4 is 5.69 Å². The van der Waals surface area contributed by atoms with Gasteiger partial charge in [-0.3, -0.25) is 10.1 Å². The van der Waals surface area contributed by atoms with E-state index >= 15 is 0 Å². The topological polar surface area (TPSA) is 81.3 Å². The molecule has 6 heteroatoms. The van der Waals surface area contributed by atoms with Gasteiger partial charge in [-0.25, -0.2) is 4.68 Å². The van der Waals surface area contributed by atoms with E-state index in [2.05, 4.69) is 5.43 Å². The molecule has 1 heterocycles. The number of benzene rings is 1. The molecule has 0 aliphatic rings. The first-order valence-electron chi connectivity index (χ1n) is 5.26. The number of aromatic nitrogens is 1. The van der Waals surface area contributed by atoms with Crippen molar-refractivity contribution in [2.45, 2.75) is 6.23 Å². The van der Waals surface area contributed by atoms with Crippen molar-refractivity contribution in [1.29, 1.82) is 0 Å². The minimum absolute atomic E-state index is 0.0154. The molecule has 0 bridgehead atoms. The SMILES string of the molecule is O=[N+]([O-])c1ccc(C(O)[N-][n+]2ccccc2)cc1. The number of hydrogen-bond acceptors (Lipinski definition) is 3. The van der Waals surface area contributed by atoms with Gasteiger partial charge in [0.05, 0.1) is 11.2 Å². The number of hydrogen-bond donors (Lipinski definition) is 1. The maximum Gasteiger partial charge on any atom is 0.269 e. The van der Waals surface area contributed by atoms with Gasteiger partial charge in [0, 0.05) is 24.3 Å². The average Bonchev–Trinajstić information content (AvgIpc) is 2.40. The van der Waals surface area contributed by atoms with E-state index < -0.39 is 11.2 Å². The van der Waals surface area contributed by atoms with Gasteiger partial charge in [0.25, 0.3) is 5.69 Å². The van der Waals surface area contributed by atoms with E-state index in [9.17, 15) is 15.2 Å². The first-order chi connectivity index (χ1) is 8.66. The third kappa shape index (κ3) is 2.80. The zero-order valence-electron chi connectivity index (χ0n) is 9.38. The summed E-state index contributed by atoms with van der Waals surface area (Å²) >= 11 is 0. The van der Waals surface area contributed by atoms with Crippen LogP contribution < -0.4 is 4.68 Å². The molecule has 1 aromatic carbocycles. The largest absolute Gasteiger partial charge is 0.403 e. The van der Waals surface area contributed by atoms with Crippen molar-refractivity contribution in [2.24, 2.45) is 0 Å². The van der Waals surface area contributed by atoms with Gasteiger partial charge in [-0.05, 0) is 5.56 Å². The molecule has 0 aliphatic heterocycles. The summed E-state index contributed by atoms with van der Waals surface area (Å²) in [7, 11) is 0. The molecular formula is C12H11N3O3. The molecule has 6 nitrogen and oxygen atoms in total. The predicted molar refractivity (Wildman–Crippen MR) is 63.5 cm³/mol. The number of pyridine rings is 1. The Labute approximate surface area is 103 Å². The van der Waals surface area contributed by atoms with Crippen LogP contribution in [0.3, 0.4) is 0 Å². The van der Waals surface area contributed by atoms with Crippen LogP contribution in [0.15, 0.2) is 54.9 Å². The van der Waals surface area contributed by atoms with Gasteiger partial charge in [-0.2, -0.15) is 0 Å². The van der Waals surface area contributed by atoms with Gasteiger partial charge >= 0.3 is 0 Å². The second-order valence-electron chi connectivity index (χ2n) is 3.59. The fourth-order valence-electron chi connectivity index (χ4n) is 1.43. The molecule has 0 saturated heterocycles. The molecule has 1 unspecified atom stereocenters. The summed E-state index contributed by atoms with van der Waals surface area (Å²) in [5.74, 6) is 0. The van der Waals surface area contributed by atoms with Crippen LogP contribution in [0.5, 0.6) is 0 Å². The van der Waals surface area contributed by atoms with Crippen molar-refractivity contribution in [3.8, 4) is 0 Å². The molecular weight excluding hydrogens is 234 g/mol. The van der Waals surface area contributed by atoms with Crippen LogP contribution in [0, 0.1) is 10.1 Å². The van der Waals surface area contributed by atoms with Crippen LogP contribution in [-0.2, 0) is 0 Å². The van der Waals surface area contributed by atoms with E-state index in [-0.39, 0.29) is 5.69 Å². The molecule has 0 spiro atoms. The van der Waals surface area contributed by atoms with E-state index in [4.69, 9.17) is 0 Å². The molecule has 0 amide bonds. The van der Waals surface area contributed by atoms with Crippen LogP contribution in [0.4, 0.5) is 5.69 Å². The van der Waals surface area contributed by atoms with Crippen molar-refractivity contribution in [3.05, 3.63) is 76.0 Å². The van der Waals surface area contributed by atoms with E-state index in [1.165, 1.54) is 28.9 Å². The Morgan fingerprint density at radius 1 is 1.17 bits per heavy atom. The predicted octanol–water partition coefficient (Wildman–Crippen LogP) is 1.71. The van der Waals surface area contributed by atoms with Crippen LogP contribution in [-0.4, -0.2) is 10.0 Å². The van der Waals surface area contributed by atoms with E-state index in [0.717, 1.165) is 0 Å². The Morgan fingerprint density at radius 3 is 2.33 bits per heavy atom. The fraction of sp³-hybridized carbons (Fsp3) is 0.0833. The molecule has 0 radical (unpaired) electrons. The quantitative estimate of drug-likeness (QED) is 0.505. The highest BCUT2D eigenvalue weighted by molar-refractivity contribution is 5.34. The zero-order valence-corrected chi connectivity index (χ0v) is 9.38. The molecule has 0 aliphatic carbocycles. The standard InChI is InChI=1S/C12H11N3O3/c16-12(13-14-8-2-1-3-9-14)10-4-6-11(7-5-10)15(17)18/h1-9,12,16H. The second-order valence-corrected chi connectivity index (χ2v) is 3.59. The smallest absolute Gasteiger partial charge is 0.269 e. The van der Waals surface area contributed by atoms with Crippen LogP contribution in [0.2, 0.25) is 0 Å². The third-order valence-corrected chi connectivity index (χ3v) is 2.34. The lowest BCUT2D eigenvalue weighted by molar-refractivity contribution is -0.632. The third-order valence-electron chi connectivity index (χ3n) is 2.34. The summed E-state index contributed by atoms with van der Waals surface area (Å²) < 4.78 is 1.48. The molecule has 18 heavy (non-hydrogen) atoms. The number of rotatable bonds is 4. The monoisotopic (exact) mass is 245 g/mol. The summed E-state index contributed by atoms with van der Waals surface area (Å²) in [6, 6.07) is 11.0. The van der Waals surface area contributed by atoms with Gasteiger partial charge in [0.1, 0.15) is 0 Å². The highest BCUT2D eigenvalue weighted by Crippen LogP contribution is 2.19. The molecule has 92 valence electrons. The molecule has 2 rings (SSSR count). The fourth-order valence-corrected chi connectivity index (χ4v) is 1.43. The van der Waals surface area contributed by atoms with Gasteiger partial charge in [-0.1, -0.05) is 18.2 Å². The molecule has 1 N–H and O–H groups in total. The maximum atomic E-state index is 10.5. The molecule has 2 aromatic rings. The van der Waals surface area contributed by atoms with Gasteiger partial charge < -0.3 is 10.5 Å². The van der Waals surface area contributed by atoms with Crippen LogP contribution in [0.1, 0.15) is 11.8 Å². The van der Waals surface area contributed by atoms with Crippen molar-refractivity contribution < 1.29 is 14.7 Å². The molecule has 0 saturated carbocycles. The number of nitrogens with zero attached hydrogens (tertiary/aromatic N) is 3. The van der Waals surface area contributed by atoms with Gasteiger partial charge in [0.2, 0.25) is 0 Å². The second kappa shape index (κ2) is 5.24. The lowest BCUT2D eigenvalue weighted by Gasteiger charge is -2.20. The van der Waals surface area contributed by atoms with Gasteiger partial charge in [-0.15, -0.1) is 0 Å². The van der Waals surface area contributed by atoms with E-state index in [0.29, 0.717) is 5.56 Å². The average molecular weight is 245 g/mol. The summed E-state index contributed by atoms with van der Waals surface area (Å²) in [5, 5.41) is 20.3. The van der Waals surface area contributed by atoms with Crippen molar-refractivity contribution in [1.82, 2.24) is 0 Å². The van der Waals surface area contributed by atoms with Crippen LogP contribution in [0.25, 0.3) is 5.43 Å². The number of nitro benzene ring substituents is 1. The van der Waals surface area contributed by atoms with Gasteiger partial charge in [0.15, 0.2) is 12.4 Å². The summed E-state index contributed by atoms with van der Waals surface area (Å²) in [6.07, 6.45) is 2.32. The summed E-state index contributed by atoms with van der Waals surface area (Å²) in [6.45, 7) is 0. The first-order valence-corrected chi connectivity index (χ1v) is 5.26. The molecule has 0 fully saturated rings. The number of aliphatic hydroxyl groups excluding tert-OH is 1. The summed E-state index contributed by atoms with van der Waals surface area (Å²) in [4.78, 5) is 10.0. The first kappa shape index (κ1) is 12.0. The molecule has 1 aromatic heterocycles. The van der Waals surface area contributed by atoms with Crippen molar-refractivity contribution in [2.75, 3.05) is 0 Å². The van der Waals surface area contributed by atoms with E-state index in [1.807, 2.05) is 6.07 Å². The number of aliphatic hydroxyl groups is 1.